The Labute approximate surface area is 129 Å². The number of rotatable bonds is 4. The van der Waals surface area contributed by atoms with Crippen molar-refractivity contribution in [2.75, 3.05) is 13.1 Å². The largest absolute Gasteiger partial charge is 0.366 e. The first-order chi connectivity index (χ1) is 9.90. The molecule has 1 aromatic heterocycles. The molecule has 1 aliphatic rings. The lowest BCUT2D eigenvalue weighted by atomic mass is 10.1. The number of hydrogen-bond donors (Lipinski definition) is 1. The second-order valence-electron chi connectivity index (χ2n) is 5.42. The van der Waals surface area contributed by atoms with Gasteiger partial charge in [-0.25, -0.2) is 4.98 Å². The highest BCUT2D eigenvalue weighted by Gasteiger charge is 2.26. The average Bonchev–Trinajstić information content (AvgIpc) is 2.89. The molecule has 2 rings (SSSR count). The maximum absolute atomic E-state index is 12.4. The summed E-state index contributed by atoms with van der Waals surface area (Å²) in [5.74, 6) is -0.391. The van der Waals surface area contributed by atoms with Gasteiger partial charge in [-0.05, 0) is 45.2 Å². The summed E-state index contributed by atoms with van der Waals surface area (Å²) in [6, 6.07) is 1.83. The molecule has 21 heavy (non-hydrogen) atoms. The molecule has 0 spiro atoms. The second-order valence-corrected chi connectivity index (χ2v) is 6.75. The number of nitrogens with two attached hydrogens (primary N) is 1. The standard InChI is InChI=1S/C15H21N3O2S/c1-9-8-10(2)17-14(12(9)13(16)19)21-11(3)15(20)18-6-4-5-7-18/h8,11H,4-7H2,1-3H3,(H2,16,19)/t11-/m0/s1. The van der Waals surface area contributed by atoms with Gasteiger partial charge in [-0.1, -0.05) is 11.8 Å². The van der Waals surface area contributed by atoms with Crippen LogP contribution in [0.15, 0.2) is 11.1 Å². The first kappa shape index (κ1) is 15.8. The predicted molar refractivity (Wildman–Crippen MR) is 83.4 cm³/mol. The smallest absolute Gasteiger partial charge is 0.251 e. The molecule has 5 nitrogen and oxygen atoms in total. The minimum Gasteiger partial charge on any atom is -0.366 e. The Balaban J connectivity index is 2.22. The van der Waals surface area contributed by atoms with E-state index in [1.54, 1.807) is 0 Å². The number of pyridine rings is 1. The molecule has 0 saturated carbocycles. The van der Waals surface area contributed by atoms with Crippen molar-refractivity contribution in [1.29, 1.82) is 0 Å². The zero-order valence-electron chi connectivity index (χ0n) is 12.7. The lowest BCUT2D eigenvalue weighted by Crippen LogP contribution is -2.34. The molecule has 0 unspecified atom stereocenters. The molecular weight excluding hydrogens is 286 g/mol. The number of carbonyl (C=O) groups excluding carboxylic acids is 2. The third kappa shape index (κ3) is 3.56. The minimum atomic E-state index is -0.497. The molecule has 1 atom stereocenters. The highest BCUT2D eigenvalue weighted by atomic mass is 32.2. The van der Waals surface area contributed by atoms with Crippen LogP contribution in [0, 0.1) is 13.8 Å². The van der Waals surface area contributed by atoms with Crippen LogP contribution in [0.3, 0.4) is 0 Å². The summed E-state index contributed by atoms with van der Waals surface area (Å²) in [6.07, 6.45) is 2.13. The number of amides is 2. The fourth-order valence-corrected chi connectivity index (χ4v) is 3.76. The van der Waals surface area contributed by atoms with Crippen LogP contribution in [0.2, 0.25) is 0 Å². The highest BCUT2D eigenvalue weighted by molar-refractivity contribution is 8.00. The summed E-state index contributed by atoms with van der Waals surface area (Å²) in [6.45, 7) is 7.22. The van der Waals surface area contributed by atoms with Crippen LogP contribution < -0.4 is 5.73 Å². The van der Waals surface area contributed by atoms with E-state index in [0.29, 0.717) is 10.6 Å². The van der Waals surface area contributed by atoms with E-state index in [-0.39, 0.29) is 11.2 Å². The van der Waals surface area contributed by atoms with Crippen LogP contribution in [0.25, 0.3) is 0 Å². The van der Waals surface area contributed by atoms with Gasteiger partial charge < -0.3 is 10.6 Å². The van der Waals surface area contributed by atoms with Crippen LogP contribution in [-0.2, 0) is 4.79 Å². The highest BCUT2D eigenvalue weighted by Crippen LogP contribution is 2.29. The normalized spacial score (nSPS) is 16.0. The predicted octanol–water partition coefficient (Wildman–Crippen LogP) is 1.90. The number of aryl methyl sites for hydroxylation is 2. The minimum absolute atomic E-state index is 0.105. The van der Waals surface area contributed by atoms with Gasteiger partial charge in [0.2, 0.25) is 5.91 Å². The van der Waals surface area contributed by atoms with Crippen LogP contribution >= 0.6 is 11.8 Å². The van der Waals surface area contributed by atoms with Crippen molar-refractivity contribution < 1.29 is 9.59 Å². The molecule has 0 aliphatic carbocycles. The Morgan fingerprint density at radius 2 is 1.95 bits per heavy atom. The summed E-state index contributed by atoms with van der Waals surface area (Å²) in [4.78, 5) is 30.3. The van der Waals surface area contributed by atoms with Crippen molar-refractivity contribution >= 4 is 23.6 Å². The lowest BCUT2D eigenvalue weighted by molar-refractivity contribution is -0.129. The molecular formula is C15H21N3O2S. The van der Waals surface area contributed by atoms with E-state index in [0.717, 1.165) is 37.2 Å². The molecule has 114 valence electrons. The van der Waals surface area contributed by atoms with E-state index < -0.39 is 5.91 Å². The number of aromatic nitrogens is 1. The van der Waals surface area contributed by atoms with E-state index >= 15 is 0 Å². The summed E-state index contributed by atoms with van der Waals surface area (Å²) in [7, 11) is 0. The lowest BCUT2D eigenvalue weighted by Gasteiger charge is -2.20. The van der Waals surface area contributed by atoms with Gasteiger partial charge in [-0.2, -0.15) is 0 Å². The molecule has 0 aromatic carbocycles. The molecule has 2 N–H and O–H groups in total. The van der Waals surface area contributed by atoms with Crippen LogP contribution in [0.5, 0.6) is 0 Å². The molecule has 2 amide bonds. The van der Waals surface area contributed by atoms with E-state index in [1.165, 1.54) is 11.8 Å². The molecule has 1 saturated heterocycles. The number of carbonyl (C=O) groups is 2. The second kappa shape index (κ2) is 6.47. The molecule has 0 radical (unpaired) electrons. The maximum Gasteiger partial charge on any atom is 0.251 e. The summed E-state index contributed by atoms with van der Waals surface area (Å²) < 4.78 is 0. The molecule has 1 aromatic rings. The van der Waals surface area contributed by atoms with Gasteiger partial charge in [-0.3, -0.25) is 9.59 Å². The van der Waals surface area contributed by atoms with Crippen molar-refractivity contribution in [3.8, 4) is 0 Å². The van der Waals surface area contributed by atoms with Gasteiger partial charge >= 0.3 is 0 Å². The summed E-state index contributed by atoms with van der Waals surface area (Å²) in [5, 5.41) is 0.287. The Morgan fingerprint density at radius 3 is 2.52 bits per heavy atom. The van der Waals surface area contributed by atoms with E-state index in [4.69, 9.17) is 5.73 Å². The fourth-order valence-electron chi connectivity index (χ4n) is 2.60. The van der Waals surface area contributed by atoms with Crippen molar-refractivity contribution in [3.63, 3.8) is 0 Å². The first-order valence-corrected chi connectivity index (χ1v) is 8.01. The molecule has 6 heteroatoms. The summed E-state index contributed by atoms with van der Waals surface area (Å²) in [5.41, 5.74) is 7.50. The number of primary amides is 1. The number of likely N-dealkylation sites (tertiary alicyclic amines) is 1. The van der Waals surface area contributed by atoms with Gasteiger partial charge in [0.1, 0.15) is 5.03 Å². The zero-order valence-corrected chi connectivity index (χ0v) is 13.5. The number of thioether (sulfide) groups is 1. The molecule has 0 bridgehead atoms. The Kier molecular flexibility index (Phi) is 4.88. The van der Waals surface area contributed by atoms with Gasteiger partial charge in [0.05, 0.1) is 10.8 Å². The third-order valence-electron chi connectivity index (χ3n) is 3.61. The Hall–Kier alpha value is -1.56. The van der Waals surface area contributed by atoms with Gasteiger partial charge in [0.25, 0.3) is 5.91 Å². The fraction of sp³-hybridized carbons (Fsp3) is 0.533. The third-order valence-corrected chi connectivity index (χ3v) is 4.69. The quantitative estimate of drug-likeness (QED) is 0.862. The van der Waals surface area contributed by atoms with Crippen LogP contribution in [-0.4, -0.2) is 40.0 Å². The molecule has 2 heterocycles. The Morgan fingerprint density at radius 1 is 1.33 bits per heavy atom. The van der Waals surface area contributed by atoms with Crippen molar-refractivity contribution in [3.05, 3.63) is 22.9 Å². The van der Waals surface area contributed by atoms with Crippen molar-refractivity contribution in [2.45, 2.75) is 43.9 Å². The van der Waals surface area contributed by atoms with Gasteiger partial charge in [0.15, 0.2) is 0 Å². The van der Waals surface area contributed by atoms with E-state index in [9.17, 15) is 9.59 Å². The Bertz CT molecular complexity index is 568. The van der Waals surface area contributed by atoms with Crippen LogP contribution in [0.4, 0.5) is 0 Å². The van der Waals surface area contributed by atoms with Crippen molar-refractivity contribution in [1.82, 2.24) is 9.88 Å². The average molecular weight is 307 g/mol. The van der Waals surface area contributed by atoms with Gasteiger partial charge in [0, 0.05) is 18.8 Å². The summed E-state index contributed by atoms with van der Waals surface area (Å²) >= 11 is 1.32. The SMILES string of the molecule is Cc1cc(C)c(C(N)=O)c(S[C@@H](C)C(=O)N2CCCC2)n1. The molecule has 1 fully saturated rings. The zero-order chi connectivity index (χ0) is 15.6. The van der Waals surface area contributed by atoms with E-state index in [2.05, 4.69) is 4.98 Å². The monoisotopic (exact) mass is 307 g/mol. The topological polar surface area (TPSA) is 76.3 Å². The molecule has 1 aliphatic heterocycles. The first-order valence-electron chi connectivity index (χ1n) is 7.13. The van der Waals surface area contributed by atoms with Crippen LogP contribution in [0.1, 0.15) is 41.4 Å². The number of hydrogen-bond acceptors (Lipinski definition) is 4. The maximum atomic E-state index is 12.4. The van der Waals surface area contributed by atoms with E-state index in [1.807, 2.05) is 31.7 Å². The number of nitrogens with zero attached hydrogens (tertiary/aromatic N) is 2. The van der Waals surface area contributed by atoms with Gasteiger partial charge in [-0.15, -0.1) is 0 Å². The van der Waals surface area contributed by atoms with Crippen molar-refractivity contribution in [2.24, 2.45) is 5.73 Å².